The Bertz CT molecular complexity index is 581. The molecule has 1 unspecified atom stereocenters. The van der Waals surface area contributed by atoms with Crippen molar-refractivity contribution in [3.63, 3.8) is 0 Å². The highest BCUT2D eigenvalue weighted by Gasteiger charge is 2.43. The molecule has 0 spiro atoms. The number of anilines is 1. The first kappa shape index (κ1) is 20.4. The summed E-state index contributed by atoms with van der Waals surface area (Å²) in [6.45, 7) is 5.13. The van der Waals surface area contributed by atoms with Crippen LogP contribution in [0.25, 0.3) is 0 Å². The summed E-state index contributed by atoms with van der Waals surface area (Å²) in [4.78, 5) is 22.3. The van der Waals surface area contributed by atoms with E-state index in [-0.39, 0.29) is 5.97 Å². The number of rotatable bonds is 8. The van der Waals surface area contributed by atoms with Gasteiger partial charge in [-0.1, -0.05) is 22.9 Å². The van der Waals surface area contributed by atoms with Crippen LogP contribution < -0.4 is 4.90 Å². The normalized spacial score (nSPS) is 21.3. The maximum Gasteiger partial charge on any atom is 0.313 e. The van der Waals surface area contributed by atoms with Crippen LogP contribution in [0, 0.1) is 5.41 Å². The van der Waals surface area contributed by atoms with Crippen molar-refractivity contribution in [2.24, 2.45) is 5.41 Å². The summed E-state index contributed by atoms with van der Waals surface area (Å²) in [7, 11) is 5.58. The lowest BCUT2D eigenvalue weighted by Gasteiger charge is -2.40. The summed E-state index contributed by atoms with van der Waals surface area (Å²) >= 11 is 7.91. The van der Waals surface area contributed by atoms with Crippen LogP contribution in [0.4, 0.5) is 5.13 Å². The number of piperidine rings is 1. The third kappa shape index (κ3) is 5.06. The number of carbonyl (C=O) groups excluding carboxylic acids is 1. The van der Waals surface area contributed by atoms with Gasteiger partial charge in [0.05, 0.1) is 16.9 Å². The van der Waals surface area contributed by atoms with Crippen LogP contribution in [0.2, 0.25) is 5.15 Å². The number of hydrogen-bond acceptors (Lipinski definition) is 7. The third-order valence-electron chi connectivity index (χ3n) is 4.54. The standard InChI is InChI=1S/C17H28ClN3O3S/c1-5-24-15(22)17(8-10-23-4)7-6-9-21(12-17)11-13-14(18)19-16(25-13)20(2)3/h5-12H2,1-4H3. The summed E-state index contributed by atoms with van der Waals surface area (Å²) in [5.74, 6) is -0.110. The topological polar surface area (TPSA) is 54.9 Å². The minimum atomic E-state index is -0.494. The number of esters is 1. The van der Waals surface area contributed by atoms with Crippen molar-refractivity contribution in [2.45, 2.75) is 32.7 Å². The second-order valence-corrected chi connectivity index (χ2v) is 8.08. The quantitative estimate of drug-likeness (QED) is 0.637. The van der Waals surface area contributed by atoms with E-state index in [2.05, 4.69) is 9.88 Å². The van der Waals surface area contributed by atoms with Crippen LogP contribution >= 0.6 is 22.9 Å². The Balaban J connectivity index is 2.12. The molecular weight excluding hydrogens is 362 g/mol. The zero-order valence-electron chi connectivity index (χ0n) is 15.5. The number of methoxy groups -OCH3 is 1. The second kappa shape index (κ2) is 9.16. The van der Waals surface area contributed by atoms with Gasteiger partial charge in [-0.15, -0.1) is 0 Å². The number of aromatic nitrogens is 1. The minimum absolute atomic E-state index is 0.110. The second-order valence-electron chi connectivity index (χ2n) is 6.66. The molecular formula is C17H28ClN3O3S. The molecule has 6 nitrogen and oxygen atoms in total. The van der Waals surface area contributed by atoms with E-state index >= 15 is 0 Å². The molecule has 0 aromatic carbocycles. The molecule has 1 aromatic heterocycles. The van der Waals surface area contributed by atoms with E-state index in [9.17, 15) is 4.79 Å². The van der Waals surface area contributed by atoms with Gasteiger partial charge in [-0.3, -0.25) is 9.69 Å². The fourth-order valence-electron chi connectivity index (χ4n) is 3.23. The number of carbonyl (C=O) groups is 1. The molecule has 142 valence electrons. The summed E-state index contributed by atoms with van der Waals surface area (Å²) < 4.78 is 10.6. The highest BCUT2D eigenvalue weighted by atomic mass is 35.5. The van der Waals surface area contributed by atoms with Gasteiger partial charge in [-0.2, -0.15) is 0 Å². The first-order valence-corrected chi connectivity index (χ1v) is 9.82. The zero-order valence-corrected chi connectivity index (χ0v) is 17.1. The van der Waals surface area contributed by atoms with Crippen molar-refractivity contribution >= 4 is 34.0 Å². The average molecular weight is 390 g/mol. The van der Waals surface area contributed by atoms with Gasteiger partial charge >= 0.3 is 5.97 Å². The Morgan fingerprint density at radius 1 is 1.48 bits per heavy atom. The molecule has 0 saturated carbocycles. The molecule has 0 radical (unpaired) electrons. The van der Waals surface area contributed by atoms with Crippen molar-refractivity contribution in [3.05, 3.63) is 10.0 Å². The molecule has 1 saturated heterocycles. The molecule has 25 heavy (non-hydrogen) atoms. The highest BCUT2D eigenvalue weighted by Crippen LogP contribution is 2.37. The van der Waals surface area contributed by atoms with Gasteiger partial charge in [0.15, 0.2) is 5.13 Å². The lowest BCUT2D eigenvalue weighted by Crippen LogP contribution is -2.48. The Hall–Kier alpha value is -0.890. The molecule has 0 amide bonds. The van der Waals surface area contributed by atoms with E-state index in [1.807, 2.05) is 25.9 Å². The van der Waals surface area contributed by atoms with Crippen molar-refractivity contribution in [2.75, 3.05) is 52.4 Å². The van der Waals surface area contributed by atoms with Crippen LogP contribution in [-0.4, -0.2) is 63.4 Å². The van der Waals surface area contributed by atoms with Gasteiger partial charge in [-0.25, -0.2) is 4.98 Å². The number of ether oxygens (including phenoxy) is 2. The van der Waals surface area contributed by atoms with Crippen molar-refractivity contribution in [3.8, 4) is 0 Å². The van der Waals surface area contributed by atoms with Gasteiger partial charge in [0.2, 0.25) is 0 Å². The number of nitrogens with zero attached hydrogens (tertiary/aromatic N) is 3. The highest BCUT2D eigenvalue weighted by molar-refractivity contribution is 7.16. The van der Waals surface area contributed by atoms with Crippen LogP contribution in [0.5, 0.6) is 0 Å². The molecule has 2 heterocycles. The average Bonchev–Trinajstić information content (AvgIpc) is 2.94. The fourth-order valence-corrected chi connectivity index (χ4v) is 4.45. The number of likely N-dealkylation sites (tertiary alicyclic amines) is 1. The molecule has 1 aliphatic heterocycles. The Morgan fingerprint density at radius 3 is 2.84 bits per heavy atom. The minimum Gasteiger partial charge on any atom is -0.466 e. The molecule has 8 heteroatoms. The van der Waals surface area contributed by atoms with Crippen LogP contribution in [0.3, 0.4) is 0 Å². The molecule has 1 fully saturated rings. The van der Waals surface area contributed by atoms with Gasteiger partial charge < -0.3 is 14.4 Å². The van der Waals surface area contributed by atoms with Crippen molar-refractivity contribution in [1.29, 1.82) is 0 Å². The van der Waals surface area contributed by atoms with Gasteiger partial charge in [-0.05, 0) is 32.7 Å². The van der Waals surface area contributed by atoms with Crippen molar-refractivity contribution < 1.29 is 14.3 Å². The van der Waals surface area contributed by atoms with Gasteiger partial charge in [0.25, 0.3) is 0 Å². The monoisotopic (exact) mass is 389 g/mol. The summed E-state index contributed by atoms with van der Waals surface area (Å²) in [6, 6.07) is 0. The Kier molecular flexibility index (Phi) is 7.49. The predicted molar refractivity (Wildman–Crippen MR) is 102 cm³/mol. The Labute approximate surface area is 159 Å². The molecule has 0 aliphatic carbocycles. The SMILES string of the molecule is CCOC(=O)C1(CCOC)CCCN(Cc2sc(N(C)C)nc2Cl)C1. The van der Waals surface area contributed by atoms with E-state index in [1.165, 1.54) is 0 Å². The lowest BCUT2D eigenvalue weighted by atomic mass is 9.77. The molecule has 1 aliphatic rings. The van der Waals surface area contributed by atoms with E-state index in [0.717, 1.165) is 29.4 Å². The van der Waals surface area contributed by atoms with E-state index in [1.54, 1.807) is 18.4 Å². The first-order chi connectivity index (χ1) is 11.9. The number of hydrogen-bond donors (Lipinski definition) is 0. The van der Waals surface area contributed by atoms with Crippen LogP contribution in [0.15, 0.2) is 0 Å². The van der Waals surface area contributed by atoms with Gasteiger partial charge in [0, 0.05) is 40.9 Å². The van der Waals surface area contributed by atoms with E-state index in [4.69, 9.17) is 21.1 Å². The molecule has 1 atom stereocenters. The maximum atomic E-state index is 12.6. The van der Waals surface area contributed by atoms with Crippen LogP contribution in [-0.2, 0) is 20.8 Å². The largest absolute Gasteiger partial charge is 0.466 e. The Morgan fingerprint density at radius 2 is 2.24 bits per heavy atom. The first-order valence-electron chi connectivity index (χ1n) is 8.63. The smallest absolute Gasteiger partial charge is 0.313 e. The maximum absolute atomic E-state index is 12.6. The molecule has 1 aromatic rings. The van der Waals surface area contributed by atoms with E-state index < -0.39 is 5.41 Å². The summed E-state index contributed by atoms with van der Waals surface area (Å²) in [6.07, 6.45) is 2.47. The van der Waals surface area contributed by atoms with Crippen LogP contribution in [0.1, 0.15) is 31.1 Å². The predicted octanol–water partition coefficient (Wildman–Crippen LogP) is 3.04. The molecule has 0 bridgehead atoms. The summed E-state index contributed by atoms with van der Waals surface area (Å²) in [5.41, 5.74) is -0.494. The zero-order chi connectivity index (χ0) is 18.4. The van der Waals surface area contributed by atoms with E-state index in [0.29, 0.717) is 37.9 Å². The fraction of sp³-hybridized carbons (Fsp3) is 0.765. The van der Waals surface area contributed by atoms with Crippen molar-refractivity contribution in [1.82, 2.24) is 9.88 Å². The molecule has 2 rings (SSSR count). The number of halogens is 1. The molecule has 0 N–H and O–H groups in total. The number of thiazole rings is 1. The lowest BCUT2D eigenvalue weighted by molar-refractivity contribution is -0.160. The third-order valence-corrected chi connectivity index (χ3v) is 6.17. The van der Waals surface area contributed by atoms with Gasteiger partial charge in [0.1, 0.15) is 5.15 Å². The summed E-state index contributed by atoms with van der Waals surface area (Å²) in [5, 5.41) is 1.45.